The zero-order chi connectivity index (χ0) is 11.6. The highest BCUT2D eigenvalue weighted by Gasteiger charge is 2.11. The van der Waals surface area contributed by atoms with Crippen LogP contribution in [0.1, 0.15) is 25.3 Å². The number of hydrogen-bond donors (Lipinski definition) is 1. The van der Waals surface area contributed by atoms with Crippen LogP contribution >= 0.6 is 0 Å². The van der Waals surface area contributed by atoms with Crippen molar-refractivity contribution in [2.45, 2.75) is 24.7 Å². The molecule has 84 valence electrons. The number of hydrogen-bond acceptors (Lipinski definition) is 3. The molecule has 0 aliphatic carbocycles. The highest BCUT2D eigenvalue weighted by molar-refractivity contribution is 7.90. The summed E-state index contributed by atoms with van der Waals surface area (Å²) in [6, 6.07) is 5.21. The van der Waals surface area contributed by atoms with Crippen molar-refractivity contribution in [2.24, 2.45) is 0 Å². The second-order valence-electron chi connectivity index (χ2n) is 3.93. The molecule has 0 amide bonds. The van der Waals surface area contributed by atoms with Crippen molar-refractivity contribution in [2.75, 3.05) is 18.6 Å². The molecule has 0 radical (unpaired) electrons. The Balaban J connectivity index is 3.32. The number of rotatable bonds is 3. The molecular formula is C11H17NO2S. The van der Waals surface area contributed by atoms with Crippen LogP contribution < -0.4 is 5.32 Å². The molecule has 3 nitrogen and oxygen atoms in total. The average molecular weight is 227 g/mol. The van der Waals surface area contributed by atoms with Crippen LogP contribution in [0.15, 0.2) is 23.1 Å². The summed E-state index contributed by atoms with van der Waals surface area (Å²) in [6.07, 6.45) is 1.22. The molecule has 0 aliphatic rings. The molecule has 15 heavy (non-hydrogen) atoms. The Morgan fingerprint density at radius 1 is 1.27 bits per heavy atom. The van der Waals surface area contributed by atoms with E-state index in [0.29, 0.717) is 10.8 Å². The topological polar surface area (TPSA) is 46.2 Å². The van der Waals surface area contributed by atoms with Crippen LogP contribution in [0, 0.1) is 0 Å². The Kier molecular flexibility index (Phi) is 3.39. The van der Waals surface area contributed by atoms with E-state index in [9.17, 15) is 8.42 Å². The first-order valence-electron chi connectivity index (χ1n) is 4.88. The lowest BCUT2D eigenvalue weighted by Gasteiger charge is -2.13. The Labute approximate surface area is 91.4 Å². The van der Waals surface area contributed by atoms with Gasteiger partial charge in [-0.3, -0.25) is 0 Å². The fourth-order valence-electron chi connectivity index (χ4n) is 1.49. The van der Waals surface area contributed by atoms with Crippen molar-refractivity contribution in [1.29, 1.82) is 0 Å². The molecule has 1 aromatic rings. The van der Waals surface area contributed by atoms with E-state index in [1.807, 2.05) is 6.07 Å². The van der Waals surface area contributed by atoms with E-state index < -0.39 is 9.84 Å². The van der Waals surface area contributed by atoms with Crippen molar-refractivity contribution in [3.63, 3.8) is 0 Å². The van der Waals surface area contributed by atoms with Gasteiger partial charge in [0.05, 0.1) is 4.90 Å². The lowest BCUT2D eigenvalue weighted by atomic mass is 10.0. The van der Waals surface area contributed by atoms with E-state index in [1.54, 1.807) is 19.2 Å². The summed E-state index contributed by atoms with van der Waals surface area (Å²) >= 11 is 0. The molecule has 0 aliphatic heterocycles. The van der Waals surface area contributed by atoms with E-state index in [1.165, 1.54) is 6.26 Å². The predicted octanol–water partition coefficient (Wildman–Crippen LogP) is 2.26. The van der Waals surface area contributed by atoms with Gasteiger partial charge >= 0.3 is 0 Å². The summed E-state index contributed by atoms with van der Waals surface area (Å²) in [5.41, 5.74) is 2.01. The average Bonchev–Trinajstić information content (AvgIpc) is 2.15. The summed E-state index contributed by atoms with van der Waals surface area (Å²) in [6.45, 7) is 4.16. The second-order valence-corrected chi connectivity index (χ2v) is 5.94. The van der Waals surface area contributed by atoms with Gasteiger partial charge < -0.3 is 5.32 Å². The van der Waals surface area contributed by atoms with Crippen LogP contribution in [-0.2, 0) is 9.84 Å². The molecule has 1 rings (SSSR count). The van der Waals surface area contributed by atoms with E-state index in [0.717, 1.165) is 11.3 Å². The van der Waals surface area contributed by atoms with Gasteiger partial charge in [-0.2, -0.15) is 0 Å². The van der Waals surface area contributed by atoms with Gasteiger partial charge in [0.15, 0.2) is 9.84 Å². The molecule has 0 saturated carbocycles. The van der Waals surface area contributed by atoms with Gasteiger partial charge in [-0.05, 0) is 23.6 Å². The van der Waals surface area contributed by atoms with Crippen molar-refractivity contribution < 1.29 is 8.42 Å². The van der Waals surface area contributed by atoms with Gasteiger partial charge in [0, 0.05) is 19.0 Å². The van der Waals surface area contributed by atoms with Gasteiger partial charge in [0.25, 0.3) is 0 Å². The molecule has 0 bridgehead atoms. The fraction of sp³-hybridized carbons (Fsp3) is 0.455. The lowest BCUT2D eigenvalue weighted by molar-refractivity contribution is 0.602. The first kappa shape index (κ1) is 12.0. The summed E-state index contributed by atoms with van der Waals surface area (Å²) in [7, 11) is -1.32. The summed E-state index contributed by atoms with van der Waals surface area (Å²) in [5, 5.41) is 3.02. The Hall–Kier alpha value is -1.03. The highest BCUT2D eigenvalue weighted by Crippen LogP contribution is 2.26. The zero-order valence-electron chi connectivity index (χ0n) is 9.53. The molecule has 1 aromatic carbocycles. The van der Waals surface area contributed by atoms with Crippen LogP contribution in [0.5, 0.6) is 0 Å². The summed E-state index contributed by atoms with van der Waals surface area (Å²) in [5.74, 6) is 0.376. The third-order valence-electron chi connectivity index (χ3n) is 2.34. The monoisotopic (exact) mass is 227 g/mol. The third-order valence-corrected chi connectivity index (χ3v) is 3.45. The Morgan fingerprint density at radius 2 is 1.87 bits per heavy atom. The molecule has 0 unspecified atom stereocenters. The Bertz CT molecular complexity index is 450. The van der Waals surface area contributed by atoms with Crippen LogP contribution in [0.4, 0.5) is 5.69 Å². The van der Waals surface area contributed by atoms with Crippen molar-refractivity contribution >= 4 is 15.5 Å². The Morgan fingerprint density at radius 3 is 2.27 bits per heavy atom. The van der Waals surface area contributed by atoms with Crippen LogP contribution in [-0.4, -0.2) is 21.7 Å². The number of sulfone groups is 1. The number of benzene rings is 1. The van der Waals surface area contributed by atoms with Gasteiger partial charge in [-0.25, -0.2) is 8.42 Å². The molecule has 0 atom stereocenters. The van der Waals surface area contributed by atoms with E-state index in [2.05, 4.69) is 19.2 Å². The van der Waals surface area contributed by atoms with Crippen molar-refractivity contribution in [3.8, 4) is 0 Å². The maximum atomic E-state index is 11.4. The molecule has 0 fully saturated rings. The molecule has 0 saturated heterocycles. The van der Waals surface area contributed by atoms with Crippen molar-refractivity contribution in [3.05, 3.63) is 23.8 Å². The lowest BCUT2D eigenvalue weighted by Crippen LogP contribution is -2.02. The minimum Gasteiger partial charge on any atom is -0.388 e. The van der Waals surface area contributed by atoms with E-state index in [-0.39, 0.29) is 0 Å². The van der Waals surface area contributed by atoms with Crippen LogP contribution in [0.3, 0.4) is 0 Å². The van der Waals surface area contributed by atoms with E-state index >= 15 is 0 Å². The quantitative estimate of drug-likeness (QED) is 0.861. The molecular weight excluding hydrogens is 210 g/mol. The summed E-state index contributed by atoms with van der Waals surface area (Å²) in [4.78, 5) is 0.358. The molecule has 1 N–H and O–H groups in total. The van der Waals surface area contributed by atoms with Gasteiger partial charge in [-0.1, -0.05) is 19.9 Å². The van der Waals surface area contributed by atoms with Gasteiger partial charge in [-0.15, -0.1) is 0 Å². The zero-order valence-corrected chi connectivity index (χ0v) is 10.4. The maximum Gasteiger partial charge on any atom is 0.175 e. The maximum absolute atomic E-state index is 11.4. The molecule has 0 heterocycles. The first-order valence-corrected chi connectivity index (χ1v) is 6.77. The minimum absolute atomic E-state index is 0.358. The number of nitrogens with one attached hydrogen (secondary N) is 1. The third kappa shape index (κ3) is 2.72. The minimum atomic E-state index is -3.12. The SMILES string of the molecule is CNc1cc(S(C)(=O)=O)ccc1C(C)C. The smallest absolute Gasteiger partial charge is 0.175 e. The first-order chi connectivity index (χ1) is 6.86. The van der Waals surface area contributed by atoms with Crippen LogP contribution in [0.2, 0.25) is 0 Å². The van der Waals surface area contributed by atoms with Crippen molar-refractivity contribution in [1.82, 2.24) is 0 Å². The fourth-order valence-corrected chi connectivity index (χ4v) is 2.13. The molecule has 4 heteroatoms. The highest BCUT2D eigenvalue weighted by atomic mass is 32.2. The van der Waals surface area contributed by atoms with Gasteiger partial charge in [0.2, 0.25) is 0 Å². The number of anilines is 1. The normalized spacial score (nSPS) is 11.8. The summed E-state index contributed by atoms with van der Waals surface area (Å²) < 4.78 is 22.7. The molecule has 0 aromatic heterocycles. The predicted molar refractivity (Wildman–Crippen MR) is 63.2 cm³/mol. The van der Waals surface area contributed by atoms with Gasteiger partial charge in [0.1, 0.15) is 0 Å². The van der Waals surface area contributed by atoms with E-state index in [4.69, 9.17) is 0 Å². The standard InChI is InChI=1S/C11H17NO2S/c1-8(2)10-6-5-9(15(4,13)14)7-11(10)12-3/h5-8,12H,1-4H3. The second kappa shape index (κ2) is 4.23. The molecule has 0 spiro atoms. The van der Waals surface area contributed by atoms with Crippen LogP contribution in [0.25, 0.3) is 0 Å². The largest absolute Gasteiger partial charge is 0.388 e.